The molecule has 0 spiro atoms. The zero-order valence-electron chi connectivity index (χ0n) is 13.1. The van der Waals surface area contributed by atoms with Gasteiger partial charge in [-0.15, -0.1) is 0 Å². The second-order valence-corrected chi connectivity index (χ2v) is 6.62. The van der Waals surface area contributed by atoms with Gasteiger partial charge in [-0.25, -0.2) is 10.0 Å². The molecule has 1 aromatic heterocycles. The number of carboxylic acid groups (broad SMARTS) is 1. The van der Waals surface area contributed by atoms with E-state index in [1.54, 1.807) is 0 Å². The average Bonchev–Trinajstić information content (AvgIpc) is 2.45. The van der Waals surface area contributed by atoms with Crippen molar-refractivity contribution in [2.45, 2.75) is 45.7 Å². The van der Waals surface area contributed by atoms with Crippen LogP contribution in [0.2, 0.25) is 0 Å². The lowest BCUT2D eigenvalue weighted by atomic mass is 9.97. The molecule has 1 saturated heterocycles. The molecule has 5 nitrogen and oxygen atoms in total. The van der Waals surface area contributed by atoms with Gasteiger partial charge in [0.05, 0.1) is 18.2 Å². The summed E-state index contributed by atoms with van der Waals surface area (Å²) in [6, 6.07) is 5.95. The molecule has 1 aliphatic rings. The average molecular weight is 291 g/mol. The van der Waals surface area contributed by atoms with E-state index in [1.807, 2.05) is 24.4 Å². The minimum atomic E-state index is -0.665. The number of pyridine rings is 1. The molecule has 1 fully saturated rings. The molecule has 0 aromatic carbocycles. The molecular formula is C16H25N3O2. The third-order valence-electron chi connectivity index (χ3n) is 3.97. The van der Waals surface area contributed by atoms with Crippen LogP contribution in [0.5, 0.6) is 0 Å². The summed E-state index contributed by atoms with van der Waals surface area (Å²) < 4.78 is 0. The van der Waals surface area contributed by atoms with Crippen LogP contribution in [-0.2, 0) is 11.3 Å². The third kappa shape index (κ3) is 4.25. The molecule has 1 aliphatic heterocycles. The number of hydrogen-bond donors (Lipinski definition) is 1. The highest BCUT2D eigenvalue weighted by Crippen LogP contribution is 2.25. The van der Waals surface area contributed by atoms with Crippen molar-refractivity contribution < 1.29 is 9.90 Å². The van der Waals surface area contributed by atoms with Crippen molar-refractivity contribution in [1.29, 1.82) is 0 Å². The van der Waals surface area contributed by atoms with Gasteiger partial charge in [0.2, 0.25) is 0 Å². The number of piperidine rings is 1. The highest BCUT2D eigenvalue weighted by Gasteiger charge is 2.32. The Balaban J connectivity index is 2.06. The van der Waals surface area contributed by atoms with E-state index in [1.165, 1.54) is 0 Å². The first kappa shape index (κ1) is 15.9. The number of aliphatic carboxylic acids is 1. The molecule has 5 heteroatoms. The first-order chi connectivity index (χ1) is 9.88. The molecule has 0 atom stereocenters. The molecule has 2 heterocycles. The van der Waals surface area contributed by atoms with Gasteiger partial charge in [0.25, 0.3) is 0 Å². The highest BCUT2D eigenvalue weighted by atomic mass is 16.4. The lowest BCUT2D eigenvalue weighted by Crippen LogP contribution is -2.55. The van der Waals surface area contributed by atoms with E-state index in [9.17, 15) is 4.79 Å². The number of hydrogen-bond acceptors (Lipinski definition) is 4. The molecule has 0 aliphatic carbocycles. The van der Waals surface area contributed by atoms with Gasteiger partial charge in [-0.05, 0) is 45.7 Å². The summed E-state index contributed by atoms with van der Waals surface area (Å²) in [5, 5.41) is 13.7. The van der Waals surface area contributed by atoms with E-state index in [4.69, 9.17) is 5.11 Å². The van der Waals surface area contributed by atoms with Crippen LogP contribution in [0.15, 0.2) is 24.4 Å². The fraction of sp³-hybridized carbons (Fsp3) is 0.625. The lowest BCUT2D eigenvalue weighted by Gasteiger charge is -2.46. The van der Waals surface area contributed by atoms with E-state index in [0.29, 0.717) is 12.8 Å². The maximum atomic E-state index is 11.1. The maximum Gasteiger partial charge on any atom is 0.306 e. The predicted molar refractivity (Wildman–Crippen MR) is 81.5 cm³/mol. The van der Waals surface area contributed by atoms with Gasteiger partial charge in [0, 0.05) is 24.8 Å². The van der Waals surface area contributed by atoms with Gasteiger partial charge in [0.15, 0.2) is 0 Å². The van der Waals surface area contributed by atoms with Crippen molar-refractivity contribution in [1.82, 2.24) is 15.0 Å². The molecule has 0 bridgehead atoms. The summed E-state index contributed by atoms with van der Waals surface area (Å²) >= 11 is 0. The van der Waals surface area contributed by atoms with E-state index in [-0.39, 0.29) is 11.5 Å². The fourth-order valence-electron chi connectivity index (χ4n) is 2.76. The lowest BCUT2D eigenvalue weighted by molar-refractivity contribution is -0.150. The SMILES string of the molecule is CC(C)(C)N(Cc1ccccn1)N1CCC(C(=O)O)CC1. The largest absolute Gasteiger partial charge is 0.481 e. The molecule has 1 aromatic rings. The van der Waals surface area contributed by atoms with Gasteiger partial charge in [-0.1, -0.05) is 6.07 Å². The Morgan fingerprint density at radius 3 is 2.52 bits per heavy atom. The van der Waals surface area contributed by atoms with Crippen LogP contribution in [0.25, 0.3) is 0 Å². The molecule has 21 heavy (non-hydrogen) atoms. The number of carbonyl (C=O) groups is 1. The summed E-state index contributed by atoms with van der Waals surface area (Å²) in [6.07, 6.45) is 3.24. The maximum absolute atomic E-state index is 11.1. The molecule has 1 N–H and O–H groups in total. The zero-order valence-corrected chi connectivity index (χ0v) is 13.1. The number of hydrazine groups is 1. The number of carboxylic acids is 1. The Morgan fingerprint density at radius 1 is 1.38 bits per heavy atom. The summed E-state index contributed by atoms with van der Waals surface area (Å²) in [4.78, 5) is 15.5. The van der Waals surface area contributed by atoms with Gasteiger partial charge in [-0.2, -0.15) is 0 Å². The second kappa shape index (κ2) is 6.54. The van der Waals surface area contributed by atoms with E-state index < -0.39 is 5.97 Å². The van der Waals surface area contributed by atoms with Gasteiger partial charge in [-0.3, -0.25) is 9.78 Å². The van der Waals surface area contributed by atoms with E-state index in [0.717, 1.165) is 25.3 Å². The fourth-order valence-corrected chi connectivity index (χ4v) is 2.76. The number of aromatic nitrogens is 1. The van der Waals surface area contributed by atoms with Crippen molar-refractivity contribution in [3.63, 3.8) is 0 Å². The van der Waals surface area contributed by atoms with Gasteiger partial charge >= 0.3 is 5.97 Å². The zero-order chi connectivity index (χ0) is 15.5. The summed E-state index contributed by atoms with van der Waals surface area (Å²) in [5.41, 5.74) is 1.01. The normalized spacial score (nSPS) is 18.1. The quantitative estimate of drug-likeness (QED) is 0.923. The predicted octanol–water partition coefficient (Wildman–Crippen LogP) is 2.39. The summed E-state index contributed by atoms with van der Waals surface area (Å²) in [5.74, 6) is -0.861. The Bertz CT molecular complexity index is 462. The van der Waals surface area contributed by atoms with Crippen molar-refractivity contribution in [3.05, 3.63) is 30.1 Å². The van der Waals surface area contributed by atoms with Crippen LogP contribution >= 0.6 is 0 Å². The van der Waals surface area contributed by atoms with Crippen molar-refractivity contribution in [2.24, 2.45) is 5.92 Å². The second-order valence-electron chi connectivity index (χ2n) is 6.62. The van der Waals surface area contributed by atoms with Crippen LogP contribution in [0.3, 0.4) is 0 Å². The van der Waals surface area contributed by atoms with Crippen LogP contribution in [0.4, 0.5) is 0 Å². The number of rotatable bonds is 4. The van der Waals surface area contributed by atoms with Crippen molar-refractivity contribution in [3.8, 4) is 0 Å². The summed E-state index contributed by atoms with van der Waals surface area (Å²) in [6.45, 7) is 8.88. The first-order valence-corrected chi connectivity index (χ1v) is 7.53. The molecule has 0 saturated carbocycles. The summed E-state index contributed by atoms with van der Waals surface area (Å²) in [7, 11) is 0. The van der Waals surface area contributed by atoms with Crippen molar-refractivity contribution >= 4 is 5.97 Å². The third-order valence-corrected chi connectivity index (χ3v) is 3.97. The molecular weight excluding hydrogens is 266 g/mol. The van der Waals surface area contributed by atoms with Crippen LogP contribution < -0.4 is 0 Å². The Hall–Kier alpha value is -1.46. The van der Waals surface area contributed by atoms with Crippen molar-refractivity contribution in [2.75, 3.05) is 13.1 Å². The van der Waals surface area contributed by atoms with Crippen LogP contribution in [0.1, 0.15) is 39.3 Å². The minimum Gasteiger partial charge on any atom is -0.481 e. The van der Waals surface area contributed by atoms with Crippen LogP contribution in [-0.4, -0.2) is 44.7 Å². The standard InChI is InChI=1S/C16H25N3O2/c1-16(2,3)19(12-14-6-4-5-9-17-14)18-10-7-13(8-11-18)15(20)21/h4-6,9,13H,7-8,10-12H2,1-3H3,(H,20,21). The molecule has 0 unspecified atom stereocenters. The Morgan fingerprint density at radius 2 is 2.05 bits per heavy atom. The number of nitrogens with zero attached hydrogens (tertiary/aromatic N) is 3. The Kier molecular flexibility index (Phi) is 4.96. The molecule has 2 rings (SSSR count). The van der Waals surface area contributed by atoms with Crippen LogP contribution in [0, 0.1) is 5.92 Å². The molecule has 0 amide bonds. The monoisotopic (exact) mass is 291 g/mol. The molecule has 0 radical (unpaired) electrons. The first-order valence-electron chi connectivity index (χ1n) is 7.53. The topological polar surface area (TPSA) is 56.7 Å². The minimum absolute atomic E-state index is 0.0203. The van der Waals surface area contributed by atoms with E-state index >= 15 is 0 Å². The van der Waals surface area contributed by atoms with E-state index in [2.05, 4.69) is 35.8 Å². The molecule has 116 valence electrons. The Labute approximate surface area is 126 Å². The van der Waals surface area contributed by atoms with Gasteiger partial charge in [0.1, 0.15) is 0 Å². The van der Waals surface area contributed by atoms with Gasteiger partial charge < -0.3 is 5.11 Å². The highest BCUT2D eigenvalue weighted by molar-refractivity contribution is 5.70. The smallest absolute Gasteiger partial charge is 0.306 e.